The van der Waals surface area contributed by atoms with E-state index in [9.17, 15) is 8.42 Å². The Morgan fingerprint density at radius 1 is 1.38 bits per heavy atom. The third kappa shape index (κ3) is 3.53. The van der Waals surface area contributed by atoms with Crippen molar-refractivity contribution in [3.63, 3.8) is 0 Å². The summed E-state index contributed by atoms with van der Waals surface area (Å²) >= 11 is 9.11. The number of aryl methyl sites for hydroxylation is 1. The van der Waals surface area contributed by atoms with Gasteiger partial charge in [0.25, 0.3) is 10.0 Å². The Morgan fingerprint density at radius 2 is 2.10 bits per heavy atom. The van der Waals surface area contributed by atoms with Crippen LogP contribution in [0.2, 0.25) is 5.02 Å². The van der Waals surface area contributed by atoms with E-state index in [4.69, 9.17) is 16.9 Å². The zero-order valence-corrected chi connectivity index (χ0v) is 13.9. The highest BCUT2D eigenvalue weighted by Crippen LogP contribution is 2.23. The van der Waals surface area contributed by atoms with Crippen molar-refractivity contribution in [1.29, 1.82) is 5.26 Å². The summed E-state index contributed by atoms with van der Waals surface area (Å²) in [5.74, 6) is 0.235. The fourth-order valence-electron chi connectivity index (χ4n) is 1.59. The molecule has 0 bridgehead atoms. The molecule has 0 radical (unpaired) electrons. The van der Waals surface area contributed by atoms with Crippen LogP contribution in [0.3, 0.4) is 0 Å². The average molecular weight is 387 g/mol. The first-order valence-electron chi connectivity index (χ1n) is 5.68. The summed E-state index contributed by atoms with van der Waals surface area (Å²) in [4.78, 5) is 3.99. The van der Waals surface area contributed by atoms with Crippen molar-refractivity contribution >= 4 is 43.4 Å². The van der Waals surface area contributed by atoms with Crippen LogP contribution in [-0.4, -0.2) is 13.4 Å². The summed E-state index contributed by atoms with van der Waals surface area (Å²) in [6.45, 7) is 1.74. The van der Waals surface area contributed by atoms with Gasteiger partial charge < -0.3 is 0 Å². The number of aromatic nitrogens is 1. The SMILES string of the molecule is Cc1cc(Br)cnc1NS(=O)(=O)c1ccc(C#N)c(Cl)c1. The minimum absolute atomic E-state index is 0.0318. The molecule has 0 spiro atoms. The number of hydrogen-bond donors (Lipinski definition) is 1. The van der Waals surface area contributed by atoms with E-state index in [1.54, 1.807) is 13.0 Å². The first-order valence-corrected chi connectivity index (χ1v) is 8.33. The van der Waals surface area contributed by atoms with Gasteiger partial charge in [0.2, 0.25) is 0 Å². The van der Waals surface area contributed by atoms with Crippen molar-refractivity contribution in [1.82, 2.24) is 4.98 Å². The van der Waals surface area contributed by atoms with E-state index in [0.29, 0.717) is 5.56 Å². The van der Waals surface area contributed by atoms with Gasteiger partial charge >= 0.3 is 0 Å². The summed E-state index contributed by atoms with van der Waals surface area (Å²) in [6.07, 6.45) is 1.50. The Kier molecular flexibility index (Phi) is 4.52. The first kappa shape index (κ1) is 15.8. The minimum Gasteiger partial charge on any atom is -0.263 e. The molecule has 2 rings (SSSR count). The minimum atomic E-state index is -3.82. The molecule has 1 aromatic heterocycles. The molecular weight excluding hydrogens is 378 g/mol. The lowest BCUT2D eigenvalue weighted by Gasteiger charge is -2.10. The molecule has 8 heteroatoms. The Morgan fingerprint density at radius 3 is 2.67 bits per heavy atom. The van der Waals surface area contributed by atoms with Gasteiger partial charge in [-0.15, -0.1) is 0 Å². The fourth-order valence-corrected chi connectivity index (χ4v) is 3.43. The molecule has 21 heavy (non-hydrogen) atoms. The average Bonchev–Trinajstić information content (AvgIpc) is 2.42. The lowest BCUT2D eigenvalue weighted by atomic mass is 10.2. The van der Waals surface area contributed by atoms with Gasteiger partial charge in [-0.25, -0.2) is 13.4 Å². The Labute approximate surface area is 135 Å². The second-order valence-electron chi connectivity index (χ2n) is 4.18. The van der Waals surface area contributed by atoms with E-state index < -0.39 is 10.0 Å². The predicted molar refractivity (Wildman–Crippen MR) is 83.6 cm³/mol. The highest BCUT2D eigenvalue weighted by Gasteiger charge is 2.17. The summed E-state index contributed by atoms with van der Waals surface area (Å²) in [6, 6.07) is 7.53. The molecule has 0 amide bonds. The number of hydrogen-bond acceptors (Lipinski definition) is 4. The number of nitriles is 1. The van der Waals surface area contributed by atoms with Crippen LogP contribution in [0.1, 0.15) is 11.1 Å². The summed E-state index contributed by atoms with van der Waals surface area (Å²) < 4.78 is 27.7. The molecule has 0 aliphatic heterocycles. The zero-order chi connectivity index (χ0) is 15.6. The number of pyridine rings is 1. The molecular formula is C13H9BrClN3O2S. The Balaban J connectivity index is 2.39. The van der Waals surface area contributed by atoms with Crippen molar-refractivity contribution in [2.45, 2.75) is 11.8 Å². The molecule has 108 valence electrons. The molecule has 0 unspecified atom stereocenters. The molecule has 0 saturated heterocycles. The highest BCUT2D eigenvalue weighted by molar-refractivity contribution is 9.10. The lowest BCUT2D eigenvalue weighted by Crippen LogP contribution is -2.15. The van der Waals surface area contributed by atoms with Crippen LogP contribution in [0.4, 0.5) is 5.82 Å². The van der Waals surface area contributed by atoms with Crippen molar-refractivity contribution in [2.24, 2.45) is 0 Å². The van der Waals surface area contributed by atoms with Gasteiger partial charge in [-0.3, -0.25) is 4.72 Å². The maximum absolute atomic E-state index is 12.3. The Bertz CT molecular complexity index is 847. The van der Waals surface area contributed by atoms with E-state index in [1.165, 1.54) is 24.4 Å². The number of benzene rings is 1. The Hall–Kier alpha value is -1.62. The van der Waals surface area contributed by atoms with Gasteiger partial charge in [-0.2, -0.15) is 5.26 Å². The van der Waals surface area contributed by atoms with E-state index in [-0.39, 0.29) is 21.3 Å². The second kappa shape index (κ2) is 6.02. The lowest BCUT2D eigenvalue weighted by molar-refractivity contribution is 0.601. The fraction of sp³-hybridized carbons (Fsp3) is 0.0769. The van der Waals surface area contributed by atoms with Crippen molar-refractivity contribution < 1.29 is 8.42 Å². The van der Waals surface area contributed by atoms with E-state index in [2.05, 4.69) is 25.6 Å². The molecule has 0 aliphatic rings. The number of nitrogens with one attached hydrogen (secondary N) is 1. The first-order chi connectivity index (χ1) is 9.83. The number of halogens is 2. The molecule has 0 aliphatic carbocycles. The maximum Gasteiger partial charge on any atom is 0.263 e. The molecule has 5 nitrogen and oxygen atoms in total. The van der Waals surface area contributed by atoms with Crippen LogP contribution in [0.15, 0.2) is 39.8 Å². The standard InChI is InChI=1S/C13H9BrClN3O2S/c1-8-4-10(14)7-17-13(8)18-21(19,20)11-3-2-9(6-16)12(15)5-11/h2-5,7H,1H3,(H,17,18). The van der Waals surface area contributed by atoms with Crippen LogP contribution in [0.5, 0.6) is 0 Å². The van der Waals surface area contributed by atoms with Crippen LogP contribution < -0.4 is 4.72 Å². The van der Waals surface area contributed by atoms with Crippen LogP contribution >= 0.6 is 27.5 Å². The normalized spacial score (nSPS) is 11.0. The largest absolute Gasteiger partial charge is 0.263 e. The van der Waals surface area contributed by atoms with Gasteiger partial charge in [0.15, 0.2) is 0 Å². The summed E-state index contributed by atoms with van der Waals surface area (Å²) in [7, 11) is -3.82. The number of anilines is 1. The van der Waals surface area contributed by atoms with Gasteiger partial charge in [-0.05, 0) is 52.7 Å². The molecule has 0 saturated carbocycles. The van der Waals surface area contributed by atoms with E-state index in [1.807, 2.05) is 6.07 Å². The number of sulfonamides is 1. The zero-order valence-electron chi connectivity index (χ0n) is 10.8. The second-order valence-corrected chi connectivity index (χ2v) is 7.18. The van der Waals surface area contributed by atoms with Crippen LogP contribution in [-0.2, 0) is 10.0 Å². The topological polar surface area (TPSA) is 82.8 Å². The van der Waals surface area contributed by atoms with Crippen LogP contribution in [0, 0.1) is 18.3 Å². The highest BCUT2D eigenvalue weighted by atomic mass is 79.9. The van der Waals surface area contributed by atoms with Crippen LogP contribution in [0.25, 0.3) is 0 Å². The molecule has 0 fully saturated rings. The van der Waals surface area contributed by atoms with Crippen molar-refractivity contribution in [3.8, 4) is 6.07 Å². The van der Waals surface area contributed by atoms with Gasteiger partial charge in [0.05, 0.1) is 15.5 Å². The summed E-state index contributed by atoms with van der Waals surface area (Å²) in [5.41, 5.74) is 0.890. The molecule has 1 aromatic carbocycles. The molecule has 2 aromatic rings. The predicted octanol–water partition coefficient (Wildman–Crippen LogP) is 3.48. The number of rotatable bonds is 3. The molecule has 1 heterocycles. The third-order valence-electron chi connectivity index (χ3n) is 2.65. The number of nitrogens with zero attached hydrogens (tertiary/aromatic N) is 2. The molecule has 0 atom stereocenters. The van der Waals surface area contributed by atoms with Gasteiger partial charge in [0, 0.05) is 10.7 Å². The van der Waals surface area contributed by atoms with Gasteiger partial charge in [-0.1, -0.05) is 11.6 Å². The smallest absolute Gasteiger partial charge is 0.263 e. The van der Waals surface area contributed by atoms with Crippen molar-refractivity contribution in [2.75, 3.05) is 4.72 Å². The van der Waals surface area contributed by atoms with Gasteiger partial charge in [0.1, 0.15) is 11.9 Å². The van der Waals surface area contributed by atoms with E-state index >= 15 is 0 Å². The van der Waals surface area contributed by atoms with E-state index in [0.717, 1.165) is 4.47 Å². The van der Waals surface area contributed by atoms with Crippen molar-refractivity contribution in [3.05, 3.63) is 51.1 Å². The summed E-state index contributed by atoms with van der Waals surface area (Å²) in [5, 5.41) is 8.88. The monoisotopic (exact) mass is 385 g/mol. The molecule has 1 N–H and O–H groups in total. The quantitative estimate of drug-likeness (QED) is 0.875. The third-order valence-corrected chi connectivity index (χ3v) is 4.73. The maximum atomic E-state index is 12.3.